The number of hydrogen-bond acceptors (Lipinski definition) is 5. The highest BCUT2D eigenvalue weighted by Gasteiger charge is 2.22. The number of nitrogens with one attached hydrogen (secondary N) is 1. The van der Waals surface area contributed by atoms with Gasteiger partial charge < -0.3 is 4.74 Å². The topological polar surface area (TPSA) is 77.0 Å². The Morgan fingerprint density at radius 2 is 1.96 bits per heavy atom. The van der Waals surface area contributed by atoms with Gasteiger partial charge in [0.15, 0.2) is 5.82 Å². The van der Waals surface area contributed by atoms with E-state index in [-0.39, 0.29) is 11.3 Å². The van der Waals surface area contributed by atoms with Crippen molar-refractivity contribution in [2.75, 3.05) is 5.32 Å². The molecule has 0 aliphatic carbocycles. The van der Waals surface area contributed by atoms with Crippen molar-refractivity contribution in [2.24, 2.45) is 0 Å². The van der Waals surface area contributed by atoms with E-state index in [0.717, 1.165) is 18.5 Å². The maximum atomic E-state index is 13.2. The maximum absolute atomic E-state index is 13.2. The van der Waals surface area contributed by atoms with Gasteiger partial charge in [0.1, 0.15) is 17.1 Å². The first-order valence-electron chi connectivity index (χ1n) is 6.92. The molecule has 0 atom stereocenters. The Kier molecular flexibility index (Phi) is 5.01. The molecule has 0 spiro atoms. The molecule has 0 radical (unpaired) electrons. The van der Waals surface area contributed by atoms with Crippen LogP contribution in [-0.2, 0) is 4.74 Å². The number of anilines is 1. The summed E-state index contributed by atoms with van der Waals surface area (Å²) < 4.78 is 44.6. The van der Waals surface area contributed by atoms with Gasteiger partial charge in [0.2, 0.25) is 0 Å². The Morgan fingerprint density at radius 1 is 1.25 bits per heavy atom. The van der Waals surface area contributed by atoms with Gasteiger partial charge in [-0.2, -0.15) is 0 Å². The Balaban J connectivity index is 2.32. The van der Waals surface area contributed by atoms with E-state index >= 15 is 0 Å². The lowest BCUT2D eigenvalue weighted by atomic mass is 10.2. The Bertz CT molecular complexity index is 748. The number of carbonyl (C=O) groups excluding carboxylic acids is 1. The number of nitrogens with zero attached hydrogens (tertiary/aromatic N) is 3. The molecule has 6 nitrogen and oxygen atoms in total. The molecular formula is C15H15F3N4O2. The first-order valence-corrected chi connectivity index (χ1v) is 6.92. The molecule has 2 rings (SSSR count). The zero-order chi connectivity index (χ0) is 17.9. The molecular weight excluding hydrogens is 325 g/mol. The predicted molar refractivity (Wildman–Crippen MR) is 80.0 cm³/mol. The van der Waals surface area contributed by atoms with Crippen molar-refractivity contribution in [3.05, 3.63) is 36.2 Å². The van der Waals surface area contributed by atoms with E-state index in [1.165, 1.54) is 6.20 Å². The average Bonchev–Trinajstić information content (AvgIpc) is 2.45. The molecule has 0 fully saturated rings. The summed E-state index contributed by atoms with van der Waals surface area (Å²) in [5.41, 5.74) is -1.35. The van der Waals surface area contributed by atoms with Crippen LogP contribution in [0.2, 0.25) is 0 Å². The van der Waals surface area contributed by atoms with Crippen molar-refractivity contribution in [3.63, 3.8) is 0 Å². The largest absolute Gasteiger partial charge is 0.444 e. The van der Waals surface area contributed by atoms with Crippen LogP contribution in [0.25, 0.3) is 11.3 Å². The summed E-state index contributed by atoms with van der Waals surface area (Å²) in [7, 11) is 0. The average molecular weight is 340 g/mol. The van der Waals surface area contributed by atoms with E-state index in [1.54, 1.807) is 20.8 Å². The van der Waals surface area contributed by atoms with Crippen molar-refractivity contribution in [3.8, 4) is 11.3 Å². The van der Waals surface area contributed by atoms with Gasteiger partial charge in [-0.05, 0) is 26.8 Å². The molecule has 1 N–H and O–H groups in total. The number of rotatable bonds is 3. The van der Waals surface area contributed by atoms with Crippen LogP contribution in [0.5, 0.6) is 0 Å². The molecule has 9 heteroatoms. The molecule has 2 aromatic rings. The van der Waals surface area contributed by atoms with Crippen molar-refractivity contribution < 1.29 is 22.7 Å². The molecule has 24 heavy (non-hydrogen) atoms. The lowest BCUT2D eigenvalue weighted by Crippen LogP contribution is -2.28. The summed E-state index contributed by atoms with van der Waals surface area (Å²) in [6.45, 7) is 4.89. The highest BCUT2D eigenvalue weighted by molar-refractivity contribution is 5.84. The van der Waals surface area contributed by atoms with Gasteiger partial charge in [0.25, 0.3) is 6.43 Å². The van der Waals surface area contributed by atoms with E-state index < -0.39 is 35.4 Å². The van der Waals surface area contributed by atoms with Crippen LogP contribution < -0.4 is 5.32 Å². The minimum atomic E-state index is -3.00. The van der Waals surface area contributed by atoms with Crippen LogP contribution >= 0.6 is 0 Å². The fourth-order valence-corrected chi connectivity index (χ4v) is 1.74. The summed E-state index contributed by atoms with van der Waals surface area (Å²) >= 11 is 0. The van der Waals surface area contributed by atoms with Crippen LogP contribution in [0, 0.1) is 5.82 Å². The van der Waals surface area contributed by atoms with E-state index in [0.29, 0.717) is 0 Å². The van der Waals surface area contributed by atoms with Gasteiger partial charge in [-0.15, -0.1) is 0 Å². The first-order chi connectivity index (χ1) is 11.2. The highest BCUT2D eigenvalue weighted by atomic mass is 19.3. The lowest BCUT2D eigenvalue weighted by Gasteiger charge is -2.20. The summed E-state index contributed by atoms with van der Waals surface area (Å²) in [6.07, 6.45) is -0.551. The number of carbonyl (C=O) groups is 1. The monoisotopic (exact) mass is 340 g/mol. The number of hydrogen-bond donors (Lipinski definition) is 1. The fraction of sp³-hybridized carbons (Fsp3) is 0.333. The molecule has 1 amide bonds. The predicted octanol–water partition coefficient (Wildman–Crippen LogP) is 3.96. The van der Waals surface area contributed by atoms with E-state index in [4.69, 9.17) is 4.74 Å². The van der Waals surface area contributed by atoms with Gasteiger partial charge in [-0.1, -0.05) is 0 Å². The molecule has 128 valence electrons. The van der Waals surface area contributed by atoms with Crippen LogP contribution in [0.15, 0.2) is 24.7 Å². The number of aromatic nitrogens is 3. The van der Waals surface area contributed by atoms with Crippen LogP contribution in [0.1, 0.15) is 32.9 Å². The SMILES string of the molecule is CC(C)(C)OC(=O)Nc1ncc(-c2cncc(F)c2)nc1C(F)F. The summed E-state index contributed by atoms with van der Waals surface area (Å²) in [4.78, 5) is 22.8. The molecule has 0 aliphatic rings. The summed E-state index contributed by atoms with van der Waals surface area (Å²) in [5.74, 6) is -1.06. The van der Waals surface area contributed by atoms with Gasteiger partial charge in [0.05, 0.1) is 18.1 Å². The van der Waals surface area contributed by atoms with Crippen molar-refractivity contribution >= 4 is 11.9 Å². The Labute approximate surface area is 136 Å². The standard InChI is InChI=1S/C15H15F3N4O2/c1-15(2,3)24-14(23)22-13-11(12(17)18)21-10(7-20-13)8-4-9(16)6-19-5-8/h4-7,12H,1-3H3,(H,20,22,23). The van der Waals surface area contributed by atoms with Gasteiger partial charge in [-0.3, -0.25) is 10.3 Å². The zero-order valence-electron chi connectivity index (χ0n) is 13.2. The second-order valence-corrected chi connectivity index (χ2v) is 5.81. The van der Waals surface area contributed by atoms with E-state index in [9.17, 15) is 18.0 Å². The van der Waals surface area contributed by atoms with Crippen molar-refractivity contribution in [2.45, 2.75) is 32.8 Å². The van der Waals surface area contributed by atoms with Crippen LogP contribution in [0.4, 0.5) is 23.8 Å². The number of halogens is 3. The molecule has 0 unspecified atom stereocenters. The smallest absolute Gasteiger partial charge is 0.413 e. The number of ether oxygens (including phenoxy) is 1. The lowest BCUT2D eigenvalue weighted by molar-refractivity contribution is 0.0634. The quantitative estimate of drug-likeness (QED) is 0.915. The maximum Gasteiger partial charge on any atom is 0.413 e. The number of alkyl halides is 2. The first kappa shape index (κ1) is 17.6. The number of pyridine rings is 1. The minimum absolute atomic E-state index is 0.00652. The highest BCUT2D eigenvalue weighted by Crippen LogP contribution is 2.27. The molecule has 0 aliphatic heterocycles. The van der Waals surface area contributed by atoms with Gasteiger partial charge in [-0.25, -0.2) is 27.9 Å². The van der Waals surface area contributed by atoms with Crippen LogP contribution in [-0.4, -0.2) is 26.6 Å². The molecule has 0 aromatic carbocycles. The molecule has 0 saturated heterocycles. The van der Waals surface area contributed by atoms with Gasteiger partial charge in [0, 0.05) is 11.8 Å². The molecule has 0 saturated carbocycles. The fourth-order valence-electron chi connectivity index (χ4n) is 1.74. The summed E-state index contributed by atoms with van der Waals surface area (Å²) in [5, 5.41) is 2.13. The van der Waals surface area contributed by atoms with Crippen molar-refractivity contribution in [1.29, 1.82) is 0 Å². The van der Waals surface area contributed by atoms with E-state index in [1.807, 2.05) is 0 Å². The molecule has 0 bridgehead atoms. The molecule has 2 heterocycles. The minimum Gasteiger partial charge on any atom is -0.444 e. The molecule has 2 aromatic heterocycles. The Hall–Kier alpha value is -2.71. The van der Waals surface area contributed by atoms with Crippen molar-refractivity contribution in [1.82, 2.24) is 15.0 Å². The third-order valence-electron chi connectivity index (χ3n) is 2.63. The second kappa shape index (κ2) is 6.81. The zero-order valence-corrected chi connectivity index (χ0v) is 13.2. The van der Waals surface area contributed by atoms with Crippen LogP contribution in [0.3, 0.4) is 0 Å². The summed E-state index contributed by atoms with van der Waals surface area (Å²) in [6, 6.07) is 1.09. The van der Waals surface area contributed by atoms with Gasteiger partial charge >= 0.3 is 6.09 Å². The second-order valence-electron chi connectivity index (χ2n) is 5.81. The third kappa shape index (κ3) is 4.64. The third-order valence-corrected chi connectivity index (χ3v) is 2.63. The Morgan fingerprint density at radius 3 is 2.54 bits per heavy atom. The number of amides is 1. The normalized spacial score (nSPS) is 11.5. The van der Waals surface area contributed by atoms with E-state index in [2.05, 4.69) is 20.3 Å².